The van der Waals surface area contributed by atoms with Crippen molar-refractivity contribution in [3.05, 3.63) is 47.0 Å². The molecule has 4 heteroatoms. The Labute approximate surface area is 130 Å². The topological polar surface area (TPSA) is 42.0 Å². The highest BCUT2D eigenvalue weighted by Gasteiger charge is 2.12. The van der Waals surface area contributed by atoms with Crippen molar-refractivity contribution in [1.82, 2.24) is 4.98 Å². The van der Waals surface area contributed by atoms with E-state index in [1.807, 2.05) is 35.7 Å². The molecule has 0 saturated heterocycles. The molecule has 1 aromatic carbocycles. The zero-order valence-electron chi connectivity index (χ0n) is 12.5. The molecule has 0 amide bonds. The molecule has 21 heavy (non-hydrogen) atoms. The number of hydrogen-bond acceptors (Lipinski definition) is 4. The second kappa shape index (κ2) is 8.57. The third-order valence-electron chi connectivity index (χ3n) is 3.33. The lowest BCUT2D eigenvalue weighted by molar-refractivity contribution is 0.103. The molecule has 2 rings (SSSR count). The zero-order chi connectivity index (χ0) is 14.9. The highest BCUT2D eigenvalue weighted by Crippen LogP contribution is 2.18. The smallest absolute Gasteiger partial charge is 0.212 e. The number of carbonyl (C=O) groups excluding carboxylic acids is 1. The number of ketones is 1. The van der Waals surface area contributed by atoms with Gasteiger partial charge >= 0.3 is 0 Å². The van der Waals surface area contributed by atoms with Gasteiger partial charge in [-0.3, -0.25) is 4.79 Å². The number of rotatable bonds is 9. The van der Waals surface area contributed by atoms with E-state index in [0.717, 1.165) is 18.1 Å². The van der Waals surface area contributed by atoms with E-state index in [1.54, 1.807) is 0 Å². The molecule has 1 N–H and O–H groups in total. The maximum atomic E-state index is 12.2. The van der Waals surface area contributed by atoms with E-state index in [2.05, 4.69) is 17.2 Å². The summed E-state index contributed by atoms with van der Waals surface area (Å²) in [4.78, 5) is 16.6. The van der Waals surface area contributed by atoms with Crippen LogP contribution in [-0.4, -0.2) is 17.3 Å². The minimum Gasteiger partial charge on any atom is -0.362 e. The van der Waals surface area contributed by atoms with E-state index >= 15 is 0 Å². The molecule has 0 radical (unpaired) electrons. The minimum atomic E-state index is -0.0113. The predicted octanol–water partition coefficient (Wildman–Crippen LogP) is 4.76. The number of nitrogens with one attached hydrogen (secondary N) is 1. The Balaban J connectivity index is 1.80. The maximum absolute atomic E-state index is 12.2. The van der Waals surface area contributed by atoms with Gasteiger partial charge in [0, 0.05) is 17.5 Å². The Morgan fingerprint density at radius 3 is 2.67 bits per heavy atom. The first kappa shape index (κ1) is 15.7. The van der Waals surface area contributed by atoms with Gasteiger partial charge in [0.15, 0.2) is 5.13 Å². The largest absolute Gasteiger partial charge is 0.362 e. The quantitative estimate of drug-likeness (QED) is 0.536. The van der Waals surface area contributed by atoms with Gasteiger partial charge in [-0.15, -0.1) is 11.3 Å². The number of aromatic nitrogens is 1. The van der Waals surface area contributed by atoms with E-state index in [1.165, 1.54) is 37.0 Å². The first-order valence-corrected chi connectivity index (χ1v) is 8.48. The molecule has 0 atom stereocenters. The maximum Gasteiger partial charge on any atom is 0.212 e. The lowest BCUT2D eigenvalue weighted by atomic mass is 10.1. The summed E-state index contributed by atoms with van der Waals surface area (Å²) in [6.07, 6.45) is 6.29. The van der Waals surface area contributed by atoms with Crippen molar-refractivity contribution in [2.45, 2.75) is 39.0 Å². The molecule has 1 heterocycles. The van der Waals surface area contributed by atoms with Crippen molar-refractivity contribution >= 4 is 22.3 Å². The summed E-state index contributed by atoms with van der Waals surface area (Å²) in [5.74, 6) is -0.0113. The summed E-state index contributed by atoms with van der Waals surface area (Å²) in [6.45, 7) is 3.15. The zero-order valence-corrected chi connectivity index (χ0v) is 13.3. The van der Waals surface area contributed by atoms with Gasteiger partial charge in [-0.25, -0.2) is 4.98 Å². The molecule has 0 spiro atoms. The van der Waals surface area contributed by atoms with Gasteiger partial charge in [-0.1, -0.05) is 62.9 Å². The number of anilines is 1. The summed E-state index contributed by atoms with van der Waals surface area (Å²) < 4.78 is 0. The number of benzene rings is 1. The molecule has 0 aliphatic carbocycles. The van der Waals surface area contributed by atoms with Gasteiger partial charge in [0.25, 0.3) is 0 Å². The number of nitrogens with zero attached hydrogens (tertiary/aromatic N) is 1. The summed E-state index contributed by atoms with van der Waals surface area (Å²) in [6, 6.07) is 9.29. The highest BCUT2D eigenvalue weighted by molar-refractivity contribution is 7.13. The van der Waals surface area contributed by atoms with Crippen LogP contribution in [-0.2, 0) is 0 Å². The standard InChI is InChI=1S/C17H22N2OS/c1-2-3-4-5-9-12-18-17-19-15(13-21-17)16(20)14-10-7-6-8-11-14/h6-8,10-11,13H,2-5,9,12H2,1H3,(H,18,19). The highest BCUT2D eigenvalue weighted by atomic mass is 32.1. The Hall–Kier alpha value is -1.68. The van der Waals surface area contributed by atoms with Crippen molar-refractivity contribution in [3.8, 4) is 0 Å². The second-order valence-electron chi connectivity index (χ2n) is 5.07. The molecule has 0 saturated carbocycles. The molecule has 2 aromatic rings. The molecular weight excluding hydrogens is 280 g/mol. The number of hydrogen-bond donors (Lipinski definition) is 1. The molecule has 0 aliphatic heterocycles. The van der Waals surface area contributed by atoms with Crippen LogP contribution in [0.1, 0.15) is 55.1 Å². The van der Waals surface area contributed by atoms with Crippen LogP contribution >= 0.6 is 11.3 Å². The van der Waals surface area contributed by atoms with E-state index in [4.69, 9.17) is 0 Å². The molecule has 1 aromatic heterocycles. The van der Waals surface area contributed by atoms with Crippen molar-refractivity contribution in [2.24, 2.45) is 0 Å². The van der Waals surface area contributed by atoms with Crippen molar-refractivity contribution < 1.29 is 4.79 Å². The Kier molecular flexibility index (Phi) is 6.41. The Bertz CT molecular complexity index is 551. The van der Waals surface area contributed by atoms with Crippen LogP contribution < -0.4 is 5.32 Å². The molecule has 3 nitrogen and oxygen atoms in total. The third kappa shape index (κ3) is 4.97. The van der Waals surface area contributed by atoms with Crippen LogP contribution in [0.3, 0.4) is 0 Å². The van der Waals surface area contributed by atoms with Gasteiger partial charge in [0.05, 0.1) is 0 Å². The van der Waals surface area contributed by atoms with Gasteiger partial charge in [-0.05, 0) is 6.42 Å². The predicted molar refractivity (Wildman–Crippen MR) is 89.2 cm³/mol. The Morgan fingerprint density at radius 2 is 1.90 bits per heavy atom. The van der Waals surface area contributed by atoms with Crippen molar-refractivity contribution in [3.63, 3.8) is 0 Å². The average molecular weight is 302 g/mol. The monoisotopic (exact) mass is 302 g/mol. The summed E-state index contributed by atoms with van der Waals surface area (Å²) in [5.41, 5.74) is 1.22. The first-order valence-electron chi connectivity index (χ1n) is 7.60. The lowest BCUT2D eigenvalue weighted by Gasteiger charge is -2.02. The van der Waals surface area contributed by atoms with Crippen LogP contribution in [0.2, 0.25) is 0 Å². The lowest BCUT2D eigenvalue weighted by Crippen LogP contribution is -2.04. The SMILES string of the molecule is CCCCCCCNc1nc(C(=O)c2ccccc2)cs1. The van der Waals surface area contributed by atoms with Crippen molar-refractivity contribution in [1.29, 1.82) is 0 Å². The van der Waals surface area contributed by atoms with Gasteiger partial charge in [-0.2, -0.15) is 0 Å². The number of thiazole rings is 1. The van der Waals surface area contributed by atoms with E-state index in [-0.39, 0.29) is 5.78 Å². The molecular formula is C17H22N2OS. The average Bonchev–Trinajstić information content (AvgIpc) is 3.00. The summed E-state index contributed by atoms with van der Waals surface area (Å²) >= 11 is 1.50. The molecule has 0 aliphatic rings. The fourth-order valence-electron chi connectivity index (χ4n) is 2.12. The molecule has 0 unspecified atom stereocenters. The molecule has 112 valence electrons. The van der Waals surface area contributed by atoms with Crippen molar-refractivity contribution in [2.75, 3.05) is 11.9 Å². The number of unbranched alkanes of at least 4 members (excludes halogenated alkanes) is 4. The van der Waals surface area contributed by atoms with E-state index < -0.39 is 0 Å². The normalized spacial score (nSPS) is 10.5. The Morgan fingerprint density at radius 1 is 1.14 bits per heavy atom. The molecule has 0 fully saturated rings. The minimum absolute atomic E-state index is 0.0113. The van der Waals surface area contributed by atoms with E-state index in [9.17, 15) is 4.79 Å². The van der Waals surface area contributed by atoms with Crippen LogP contribution in [0.15, 0.2) is 35.7 Å². The fourth-order valence-corrected chi connectivity index (χ4v) is 2.84. The van der Waals surface area contributed by atoms with Crippen LogP contribution in [0.25, 0.3) is 0 Å². The summed E-state index contributed by atoms with van der Waals surface area (Å²) in [7, 11) is 0. The van der Waals surface area contributed by atoms with Crippen LogP contribution in [0, 0.1) is 0 Å². The van der Waals surface area contributed by atoms with Crippen LogP contribution in [0.5, 0.6) is 0 Å². The summed E-state index contributed by atoms with van der Waals surface area (Å²) in [5, 5.41) is 5.97. The first-order chi connectivity index (χ1) is 10.3. The second-order valence-corrected chi connectivity index (χ2v) is 5.93. The van der Waals surface area contributed by atoms with Gasteiger partial charge < -0.3 is 5.32 Å². The number of carbonyl (C=O) groups is 1. The van der Waals surface area contributed by atoms with Gasteiger partial charge in [0.1, 0.15) is 5.69 Å². The molecule has 0 bridgehead atoms. The third-order valence-corrected chi connectivity index (χ3v) is 4.13. The van der Waals surface area contributed by atoms with E-state index in [0.29, 0.717) is 11.3 Å². The fraction of sp³-hybridized carbons (Fsp3) is 0.412. The van der Waals surface area contributed by atoms with Crippen LogP contribution in [0.4, 0.5) is 5.13 Å². The van der Waals surface area contributed by atoms with Gasteiger partial charge in [0.2, 0.25) is 5.78 Å².